The summed E-state index contributed by atoms with van der Waals surface area (Å²) in [6, 6.07) is 0. The van der Waals surface area contributed by atoms with E-state index in [9.17, 15) is 5.11 Å². The number of aliphatic hydroxyl groups is 1. The number of allylic oxidation sites excluding steroid dienone is 4. The molecular formula is C10H12O. The number of fused-ring (bicyclic) bond motifs is 5. The average Bonchev–Trinajstić information content (AvgIpc) is 2.60. The van der Waals surface area contributed by atoms with Crippen molar-refractivity contribution in [1.29, 1.82) is 0 Å². The second-order valence-electron chi connectivity index (χ2n) is 4.00. The van der Waals surface area contributed by atoms with Crippen LogP contribution in [-0.4, -0.2) is 5.11 Å². The van der Waals surface area contributed by atoms with E-state index < -0.39 is 0 Å². The summed E-state index contributed by atoms with van der Waals surface area (Å²) in [7, 11) is 0. The zero-order valence-electron chi connectivity index (χ0n) is 6.40. The summed E-state index contributed by atoms with van der Waals surface area (Å²) in [5, 5.41) is 9.55. The van der Waals surface area contributed by atoms with Crippen molar-refractivity contribution in [3.63, 3.8) is 0 Å². The summed E-state index contributed by atoms with van der Waals surface area (Å²) in [6.07, 6.45) is 9.07. The first-order valence-electron chi connectivity index (χ1n) is 4.43. The van der Waals surface area contributed by atoms with E-state index in [2.05, 4.69) is 12.2 Å². The van der Waals surface area contributed by atoms with E-state index in [0.717, 1.165) is 18.3 Å². The smallest absolute Gasteiger partial charge is 0.0922 e. The van der Waals surface area contributed by atoms with E-state index in [4.69, 9.17) is 0 Å². The van der Waals surface area contributed by atoms with Gasteiger partial charge in [0.2, 0.25) is 0 Å². The Morgan fingerprint density at radius 2 is 2.09 bits per heavy atom. The van der Waals surface area contributed by atoms with Crippen molar-refractivity contribution in [3.8, 4) is 0 Å². The highest BCUT2D eigenvalue weighted by atomic mass is 16.3. The van der Waals surface area contributed by atoms with E-state index in [0.29, 0.717) is 17.6 Å². The molecule has 1 heteroatoms. The van der Waals surface area contributed by atoms with Crippen molar-refractivity contribution >= 4 is 0 Å². The molecule has 1 nitrogen and oxygen atoms in total. The van der Waals surface area contributed by atoms with Gasteiger partial charge in [0.15, 0.2) is 0 Å². The minimum atomic E-state index is 0.505. The maximum Gasteiger partial charge on any atom is 0.0922 e. The molecule has 1 saturated carbocycles. The number of hydrogen-bond acceptors (Lipinski definition) is 1. The molecule has 1 N–H and O–H groups in total. The molecule has 0 aromatic rings. The monoisotopic (exact) mass is 148 g/mol. The molecule has 0 aromatic carbocycles. The summed E-state index contributed by atoms with van der Waals surface area (Å²) >= 11 is 0. The summed E-state index contributed by atoms with van der Waals surface area (Å²) < 4.78 is 0. The normalized spacial score (nSPS) is 51.5. The molecule has 0 aliphatic heterocycles. The van der Waals surface area contributed by atoms with Crippen LogP contribution in [0.25, 0.3) is 0 Å². The largest absolute Gasteiger partial charge is 0.512 e. The van der Waals surface area contributed by atoms with Crippen molar-refractivity contribution < 1.29 is 5.11 Å². The lowest BCUT2D eigenvalue weighted by molar-refractivity contribution is 0.276. The van der Waals surface area contributed by atoms with Gasteiger partial charge in [-0.25, -0.2) is 0 Å². The van der Waals surface area contributed by atoms with Gasteiger partial charge in [-0.05, 0) is 36.7 Å². The molecule has 0 saturated heterocycles. The second kappa shape index (κ2) is 1.71. The topological polar surface area (TPSA) is 20.2 Å². The lowest BCUT2D eigenvalue weighted by Gasteiger charge is -2.20. The first kappa shape index (κ1) is 5.87. The van der Waals surface area contributed by atoms with Gasteiger partial charge in [0.1, 0.15) is 0 Å². The standard InChI is InChI=1S/C10H12O/c11-9-4-3-8-6-1-2-7(5-6)10(8)9/h1-2,4,6-8,10-11H,3,5H2. The Morgan fingerprint density at radius 1 is 1.27 bits per heavy atom. The average molecular weight is 148 g/mol. The van der Waals surface area contributed by atoms with E-state index in [1.165, 1.54) is 6.42 Å². The van der Waals surface area contributed by atoms with Gasteiger partial charge in [0.05, 0.1) is 5.76 Å². The van der Waals surface area contributed by atoms with E-state index in [-0.39, 0.29) is 0 Å². The molecule has 3 aliphatic rings. The maximum absolute atomic E-state index is 9.55. The Kier molecular flexibility index (Phi) is 0.913. The Morgan fingerprint density at radius 3 is 2.91 bits per heavy atom. The molecule has 3 rings (SSSR count). The molecule has 0 aromatic heterocycles. The first-order valence-corrected chi connectivity index (χ1v) is 4.43. The van der Waals surface area contributed by atoms with E-state index in [1.54, 1.807) is 0 Å². The van der Waals surface area contributed by atoms with Crippen molar-refractivity contribution in [1.82, 2.24) is 0 Å². The molecule has 11 heavy (non-hydrogen) atoms. The lowest BCUT2D eigenvalue weighted by atomic mass is 9.85. The van der Waals surface area contributed by atoms with E-state index >= 15 is 0 Å². The Bertz CT molecular complexity index is 252. The molecule has 0 spiro atoms. The molecule has 0 radical (unpaired) electrons. The van der Waals surface area contributed by atoms with Crippen molar-refractivity contribution in [2.45, 2.75) is 12.8 Å². The van der Waals surface area contributed by atoms with Crippen LogP contribution in [0.1, 0.15) is 12.8 Å². The van der Waals surface area contributed by atoms with Gasteiger partial charge in [0, 0.05) is 5.92 Å². The first-order chi connectivity index (χ1) is 5.36. The summed E-state index contributed by atoms with van der Waals surface area (Å²) in [5.41, 5.74) is 0. The highest BCUT2D eigenvalue weighted by molar-refractivity contribution is 5.24. The molecule has 0 amide bonds. The lowest BCUT2D eigenvalue weighted by Crippen LogP contribution is -2.15. The third-order valence-corrected chi connectivity index (χ3v) is 3.56. The van der Waals surface area contributed by atoms with Crippen LogP contribution in [0, 0.1) is 23.7 Å². The minimum absolute atomic E-state index is 0.505. The Hall–Kier alpha value is -0.720. The van der Waals surface area contributed by atoms with Gasteiger partial charge in [0.25, 0.3) is 0 Å². The Labute approximate surface area is 66.4 Å². The number of aliphatic hydroxyl groups excluding tert-OH is 1. The third-order valence-electron chi connectivity index (χ3n) is 3.56. The number of hydrogen-bond donors (Lipinski definition) is 1. The zero-order valence-corrected chi connectivity index (χ0v) is 6.40. The predicted octanol–water partition coefficient (Wildman–Crippen LogP) is 2.27. The van der Waals surface area contributed by atoms with Crippen LogP contribution < -0.4 is 0 Å². The highest BCUT2D eigenvalue weighted by Gasteiger charge is 2.48. The fourth-order valence-electron chi connectivity index (χ4n) is 3.08. The second-order valence-corrected chi connectivity index (χ2v) is 4.00. The fourth-order valence-corrected chi connectivity index (χ4v) is 3.08. The van der Waals surface area contributed by atoms with Gasteiger partial charge in [-0.3, -0.25) is 0 Å². The molecule has 3 aliphatic carbocycles. The minimum Gasteiger partial charge on any atom is -0.512 e. The highest BCUT2D eigenvalue weighted by Crippen LogP contribution is 2.54. The summed E-state index contributed by atoms with van der Waals surface area (Å²) in [5.74, 6) is 3.39. The molecular weight excluding hydrogens is 136 g/mol. The van der Waals surface area contributed by atoms with Gasteiger partial charge in [-0.1, -0.05) is 12.2 Å². The SMILES string of the molecule is OC1=CCC2C3C=CC(C3)C12. The summed E-state index contributed by atoms with van der Waals surface area (Å²) in [6.45, 7) is 0. The molecule has 2 bridgehead atoms. The van der Waals surface area contributed by atoms with Crippen molar-refractivity contribution in [2.24, 2.45) is 23.7 Å². The van der Waals surface area contributed by atoms with Crippen LogP contribution in [0.4, 0.5) is 0 Å². The molecule has 58 valence electrons. The predicted molar refractivity (Wildman–Crippen MR) is 43.0 cm³/mol. The third kappa shape index (κ3) is 0.574. The molecule has 1 fully saturated rings. The van der Waals surface area contributed by atoms with Crippen LogP contribution in [0.3, 0.4) is 0 Å². The maximum atomic E-state index is 9.55. The van der Waals surface area contributed by atoms with Crippen LogP contribution in [-0.2, 0) is 0 Å². The van der Waals surface area contributed by atoms with Crippen LogP contribution in [0.5, 0.6) is 0 Å². The van der Waals surface area contributed by atoms with Gasteiger partial charge in [-0.15, -0.1) is 0 Å². The summed E-state index contributed by atoms with van der Waals surface area (Å²) in [4.78, 5) is 0. The molecule has 4 unspecified atom stereocenters. The van der Waals surface area contributed by atoms with Gasteiger partial charge < -0.3 is 5.11 Å². The fraction of sp³-hybridized carbons (Fsp3) is 0.600. The molecule has 0 heterocycles. The van der Waals surface area contributed by atoms with Crippen LogP contribution in [0.2, 0.25) is 0 Å². The molecule has 4 atom stereocenters. The van der Waals surface area contributed by atoms with Crippen LogP contribution >= 0.6 is 0 Å². The van der Waals surface area contributed by atoms with Gasteiger partial charge >= 0.3 is 0 Å². The van der Waals surface area contributed by atoms with Gasteiger partial charge in [-0.2, -0.15) is 0 Å². The van der Waals surface area contributed by atoms with Crippen LogP contribution in [0.15, 0.2) is 24.0 Å². The van der Waals surface area contributed by atoms with Crippen molar-refractivity contribution in [2.75, 3.05) is 0 Å². The van der Waals surface area contributed by atoms with Crippen molar-refractivity contribution in [3.05, 3.63) is 24.0 Å². The quantitative estimate of drug-likeness (QED) is 0.522. The van der Waals surface area contributed by atoms with E-state index in [1.807, 2.05) is 6.08 Å². The zero-order chi connectivity index (χ0) is 7.42. The number of rotatable bonds is 0. The Balaban J connectivity index is 2.03.